The third kappa shape index (κ3) is 18.6. The molecule has 0 bridgehead atoms. The zero-order chi connectivity index (χ0) is 38.1. The van der Waals surface area contributed by atoms with Crippen LogP contribution in [0.5, 0.6) is 5.75 Å². The Bertz CT molecular complexity index is 1310. The summed E-state index contributed by atoms with van der Waals surface area (Å²) < 4.78 is 5.63. The number of ether oxygens (including phenoxy) is 1. The number of Topliss-reactive ketones (excluding diaryl/α,β-unsaturated/α-hetero) is 1. The standard InChI is InChI=1S/C39H58N2O10/c1-4-7-8-11-14-19-31(42)20-15-12-9-10-13-16-21-33(39(50,38(48)49)29-35(43)44)36(45)40-34(37(46)47)28-30-22-24-32(25-23-30)51-27-18-17-26-41(5-2)6-3/h16,21-25,33-34,50H,4-15,19-20,26-29H2,1-3H3,(H,40,45)(H,43,44)(H,46,47)(H,48,49)/b21-16+/t33-,34-,39-/m0/s1. The minimum absolute atomic E-state index is 0.173. The number of nitrogens with one attached hydrogen (secondary N) is 1. The van der Waals surface area contributed by atoms with E-state index in [4.69, 9.17) is 4.74 Å². The minimum atomic E-state index is -3.03. The first-order chi connectivity index (χ1) is 24.4. The minimum Gasteiger partial charge on any atom is -0.481 e. The molecule has 0 aliphatic carbocycles. The molecule has 51 heavy (non-hydrogen) atoms. The average molecular weight is 715 g/mol. The molecule has 0 aromatic heterocycles. The van der Waals surface area contributed by atoms with Gasteiger partial charge in [0.2, 0.25) is 5.91 Å². The van der Waals surface area contributed by atoms with Crippen LogP contribution in [0, 0.1) is 17.8 Å². The summed E-state index contributed by atoms with van der Waals surface area (Å²) in [6.07, 6.45) is 11.2. The van der Waals surface area contributed by atoms with Gasteiger partial charge in [-0.2, -0.15) is 0 Å². The number of benzene rings is 1. The number of carboxylic acid groups (broad SMARTS) is 3. The molecule has 0 aliphatic heterocycles. The van der Waals surface area contributed by atoms with Crippen molar-refractivity contribution >= 4 is 29.6 Å². The van der Waals surface area contributed by atoms with Gasteiger partial charge < -0.3 is 30.5 Å². The Morgan fingerprint density at radius 3 is 2.02 bits per heavy atom. The van der Waals surface area contributed by atoms with E-state index < -0.39 is 47.8 Å². The van der Waals surface area contributed by atoms with Crippen molar-refractivity contribution in [2.45, 2.75) is 122 Å². The normalized spacial score (nSPS) is 13.5. The van der Waals surface area contributed by atoms with Gasteiger partial charge in [0.05, 0.1) is 18.9 Å². The van der Waals surface area contributed by atoms with Crippen LogP contribution < -0.4 is 10.1 Å². The summed E-state index contributed by atoms with van der Waals surface area (Å²) in [4.78, 5) is 63.4. The van der Waals surface area contributed by atoms with Gasteiger partial charge in [0.1, 0.15) is 24.2 Å². The third-order valence-electron chi connectivity index (χ3n) is 8.66. The first kappa shape index (κ1) is 44.8. The van der Waals surface area contributed by atoms with Gasteiger partial charge in [-0.15, -0.1) is 0 Å². The zero-order valence-corrected chi connectivity index (χ0v) is 30.5. The number of aliphatic hydroxyl groups is 1. The third-order valence-corrected chi connectivity index (χ3v) is 8.66. The van der Waals surface area contributed by atoms with Crippen molar-refractivity contribution in [2.75, 3.05) is 26.2 Å². The summed E-state index contributed by atoms with van der Waals surface area (Å²) in [6, 6.07) is 5.02. The molecule has 0 saturated carbocycles. The fourth-order valence-corrected chi connectivity index (χ4v) is 5.44. The Morgan fingerprint density at radius 1 is 0.863 bits per heavy atom. The highest BCUT2D eigenvalue weighted by Gasteiger charge is 2.49. The van der Waals surface area contributed by atoms with Crippen LogP contribution in [0.1, 0.15) is 110 Å². The Labute approximate surface area is 302 Å². The molecule has 0 heterocycles. The molecular weight excluding hydrogens is 656 g/mol. The van der Waals surface area contributed by atoms with E-state index in [0.29, 0.717) is 43.5 Å². The number of hydrogen-bond donors (Lipinski definition) is 5. The molecule has 1 aromatic rings. The number of nitrogens with zero attached hydrogens (tertiary/aromatic N) is 1. The van der Waals surface area contributed by atoms with E-state index in [1.807, 2.05) is 0 Å². The second-order valence-electron chi connectivity index (χ2n) is 12.7. The lowest BCUT2D eigenvalue weighted by atomic mass is 9.82. The Balaban J connectivity index is 2.83. The molecule has 0 aliphatic rings. The smallest absolute Gasteiger partial charge is 0.337 e. The second-order valence-corrected chi connectivity index (χ2v) is 12.7. The molecule has 12 heteroatoms. The molecular formula is C39H58N2O10. The van der Waals surface area contributed by atoms with E-state index in [9.17, 15) is 44.4 Å². The second kappa shape index (κ2) is 25.7. The number of carbonyl (C=O) groups excluding carboxylic acids is 2. The van der Waals surface area contributed by atoms with Crippen LogP contribution in [0.25, 0.3) is 0 Å². The van der Waals surface area contributed by atoms with Crippen molar-refractivity contribution in [3.8, 4) is 17.6 Å². The number of unbranched alkanes of at least 4 members (excludes halogenated alkanes) is 8. The molecule has 1 aromatic carbocycles. The SMILES string of the molecule is CCCCCCCC(=O)CCCCCC/C=C/[C@@H](C(=O)N[C@@H](Cc1ccc(OCC#CCN(CC)CC)cc1)C(=O)O)[C@@](O)(CC(=O)O)C(=O)O. The van der Waals surface area contributed by atoms with Crippen molar-refractivity contribution < 1.29 is 49.1 Å². The number of ketones is 1. The number of allylic oxidation sites excluding steroid dienone is 1. The van der Waals surface area contributed by atoms with Gasteiger partial charge >= 0.3 is 17.9 Å². The molecule has 3 atom stereocenters. The van der Waals surface area contributed by atoms with Crippen molar-refractivity contribution in [3.63, 3.8) is 0 Å². The lowest BCUT2D eigenvalue weighted by Crippen LogP contribution is -2.55. The summed E-state index contributed by atoms with van der Waals surface area (Å²) in [5.41, 5.74) is -2.50. The van der Waals surface area contributed by atoms with Crippen molar-refractivity contribution in [2.24, 2.45) is 5.92 Å². The fraction of sp³-hybridized carbons (Fsp3) is 0.615. The largest absolute Gasteiger partial charge is 0.481 e. The maximum atomic E-state index is 13.4. The van der Waals surface area contributed by atoms with Gasteiger partial charge in [-0.3, -0.25) is 19.3 Å². The van der Waals surface area contributed by atoms with E-state index in [2.05, 4.69) is 42.8 Å². The molecule has 0 saturated heterocycles. The van der Waals surface area contributed by atoms with Crippen LogP contribution in [-0.4, -0.2) is 92.8 Å². The highest BCUT2D eigenvalue weighted by molar-refractivity contribution is 5.94. The molecule has 0 spiro atoms. The van der Waals surface area contributed by atoms with E-state index in [0.717, 1.165) is 64.1 Å². The summed E-state index contributed by atoms with van der Waals surface area (Å²) in [6.45, 7) is 8.87. The molecule has 5 N–H and O–H groups in total. The van der Waals surface area contributed by atoms with E-state index in [-0.39, 0.29) is 18.8 Å². The van der Waals surface area contributed by atoms with Crippen LogP contribution in [0.3, 0.4) is 0 Å². The van der Waals surface area contributed by atoms with Gasteiger partial charge in [-0.1, -0.05) is 95.4 Å². The lowest BCUT2D eigenvalue weighted by molar-refractivity contribution is -0.172. The zero-order valence-electron chi connectivity index (χ0n) is 30.5. The molecule has 0 unspecified atom stereocenters. The average Bonchev–Trinajstić information content (AvgIpc) is 3.08. The van der Waals surface area contributed by atoms with Gasteiger partial charge in [-0.05, 0) is 56.5 Å². The topological polar surface area (TPSA) is 191 Å². The number of aliphatic carboxylic acids is 3. The number of carbonyl (C=O) groups is 5. The van der Waals surface area contributed by atoms with Crippen LogP contribution in [0.4, 0.5) is 0 Å². The molecule has 1 rings (SSSR count). The predicted molar refractivity (Wildman–Crippen MR) is 194 cm³/mol. The fourth-order valence-electron chi connectivity index (χ4n) is 5.44. The summed E-state index contributed by atoms with van der Waals surface area (Å²) in [5, 5.41) is 42.2. The molecule has 0 fully saturated rings. The van der Waals surface area contributed by atoms with Crippen molar-refractivity contribution in [1.82, 2.24) is 10.2 Å². The van der Waals surface area contributed by atoms with Crippen LogP contribution in [0.2, 0.25) is 0 Å². The quantitative estimate of drug-likeness (QED) is 0.0433. The number of carboxylic acids is 3. The predicted octanol–water partition coefficient (Wildman–Crippen LogP) is 5.26. The number of hydrogen-bond acceptors (Lipinski definition) is 8. The van der Waals surface area contributed by atoms with Crippen LogP contribution in [-0.2, 0) is 30.4 Å². The van der Waals surface area contributed by atoms with Crippen LogP contribution >= 0.6 is 0 Å². The maximum absolute atomic E-state index is 13.4. The first-order valence-electron chi connectivity index (χ1n) is 18.2. The van der Waals surface area contributed by atoms with Crippen molar-refractivity contribution in [1.29, 1.82) is 0 Å². The summed E-state index contributed by atoms with van der Waals surface area (Å²) in [7, 11) is 0. The van der Waals surface area contributed by atoms with E-state index in [1.165, 1.54) is 12.5 Å². The summed E-state index contributed by atoms with van der Waals surface area (Å²) in [5.74, 6) is -1.23. The first-order valence-corrected chi connectivity index (χ1v) is 18.2. The Hall–Kier alpha value is -4.21. The number of rotatable bonds is 28. The molecule has 284 valence electrons. The maximum Gasteiger partial charge on any atom is 0.337 e. The van der Waals surface area contributed by atoms with Gasteiger partial charge in [0.15, 0.2) is 5.60 Å². The molecule has 1 amide bonds. The molecule has 12 nitrogen and oxygen atoms in total. The van der Waals surface area contributed by atoms with Gasteiger partial charge in [0.25, 0.3) is 0 Å². The Kier molecular flexibility index (Phi) is 22.6. The highest BCUT2D eigenvalue weighted by Crippen LogP contribution is 2.26. The van der Waals surface area contributed by atoms with Gasteiger partial charge in [-0.25, -0.2) is 9.59 Å². The van der Waals surface area contributed by atoms with Gasteiger partial charge in [0, 0.05) is 19.3 Å². The summed E-state index contributed by atoms with van der Waals surface area (Å²) >= 11 is 0. The van der Waals surface area contributed by atoms with E-state index in [1.54, 1.807) is 24.3 Å². The van der Waals surface area contributed by atoms with Crippen molar-refractivity contribution in [3.05, 3.63) is 42.0 Å². The monoisotopic (exact) mass is 714 g/mol. The molecule has 0 radical (unpaired) electrons. The highest BCUT2D eigenvalue weighted by atomic mass is 16.5. The number of amides is 1. The Morgan fingerprint density at radius 2 is 1.47 bits per heavy atom. The van der Waals surface area contributed by atoms with Crippen LogP contribution in [0.15, 0.2) is 36.4 Å². The van der Waals surface area contributed by atoms with E-state index >= 15 is 0 Å². The lowest BCUT2D eigenvalue weighted by Gasteiger charge is -2.29.